The summed E-state index contributed by atoms with van der Waals surface area (Å²) in [6, 6.07) is 3.49. The van der Waals surface area contributed by atoms with Crippen molar-refractivity contribution in [3.8, 4) is 0 Å². The molecule has 25 heavy (non-hydrogen) atoms. The molecule has 0 aromatic carbocycles. The third-order valence-corrected chi connectivity index (χ3v) is 6.41. The van der Waals surface area contributed by atoms with E-state index in [-0.39, 0.29) is 11.9 Å². The Morgan fingerprint density at radius 2 is 1.68 bits per heavy atom. The number of esters is 2. The summed E-state index contributed by atoms with van der Waals surface area (Å²) in [5.74, 6) is -0.602. The average molecular weight is 490 g/mol. The molecule has 0 amide bonds. The Balaban J connectivity index is 0.000000146. The van der Waals surface area contributed by atoms with Crippen molar-refractivity contribution in [3.05, 3.63) is 31.8 Å². The lowest BCUT2D eigenvalue weighted by Gasteiger charge is -1.90. The Morgan fingerprint density at radius 3 is 2.28 bits per heavy atom. The number of nitrogens with zero attached hydrogens (tertiary/aromatic N) is 2. The number of methoxy groups -OCH3 is 2. The zero-order valence-electron chi connectivity index (χ0n) is 13.0. The van der Waals surface area contributed by atoms with E-state index in [1.165, 1.54) is 36.9 Å². The van der Waals surface area contributed by atoms with Gasteiger partial charge in [0.2, 0.25) is 0 Å². The average Bonchev–Trinajstić information content (AvgIpc) is 3.35. The zero-order chi connectivity index (χ0) is 18.0. The number of thiophene rings is 2. The summed E-state index contributed by atoms with van der Waals surface area (Å²) < 4.78 is 12.0. The van der Waals surface area contributed by atoms with E-state index in [0.29, 0.717) is 9.75 Å². The van der Waals surface area contributed by atoms with E-state index in [9.17, 15) is 9.59 Å². The van der Waals surface area contributed by atoms with Crippen LogP contribution in [0.3, 0.4) is 0 Å². The highest BCUT2D eigenvalue weighted by Crippen LogP contribution is 2.28. The second kappa shape index (κ2) is 7.49. The third-order valence-electron chi connectivity index (χ3n) is 3.09. The highest BCUT2D eigenvalue weighted by atomic mass is 127. The van der Waals surface area contributed by atoms with Crippen molar-refractivity contribution < 1.29 is 19.1 Å². The fourth-order valence-electron chi connectivity index (χ4n) is 1.94. The van der Waals surface area contributed by atoms with Gasteiger partial charge in [-0.2, -0.15) is 10.2 Å². The van der Waals surface area contributed by atoms with Crippen molar-refractivity contribution in [2.45, 2.75) is 0 Å². The summed E-state index contributed by atoms with van der Waals surface area (Å²) in [5.41, 5.74) is 1.76. The van der Waals surface area contributed by atoms with Gasteiger partial charge in [-0.3, -0.25) is 10.2 Å². The van der Waals surface area contributed by atoms with Crippen LogP contribution in [0.4, 0.5) is 0 Å². The first-order valence-electron chi connectivity index (χ1n) is 6.76. The van der Waals surface area contributed by atoms with E-state index in [2.05, 4.69) is 52.5 Å². The maximum absolute atomic E-state index is 11.1. The first kappa shape index (κ1) is 17.8. The van der Waals surface area contributed by atoms with Crippen LogP contribution < -0.4 is 0 Å². The Hall–Kier alpha value is -1.99. The number of hydrogen-bond acceptors (Lipinski definition) is 8. The van der Waals surface area contributed by atoms with Gasteiger partial charge in [-0.25, -0.2) is 9.59 Å². The molecule has 4 aromatic heterocycles. The monoisotopic (exact) mass is 490 g/mol. The number of H-pyrrole nitrogens is 2. The van der Waals surface area contributed by atoms with Crippen molar-refractivity contribution in [2.24, 2.45) is 0 Å². The molecular weight excluding hydrogens is 479 g/mol. The molecular formula is C14H11IN4O4S2. The summed E-state index contributed by atoms with van der Waals surface area (Å²) >= 11 is 4.87. The molecule has 4 rings (SSSR count). The highest BCUT2D eigenvalue weighted by molar-refractivity contribution is 14.1. The number of halogens is 1. The predicted molar refractivity (Wildman–Crippen MR) is 103 cm³/mol. The van der Waals surface area contributed by atoms with Crippen LogP contribution in [0.2, 0.25) is 0 Å². The van der Waals surface area contributed by atoms with Crippen molar-refractivity contribution in [1.29, 1.82) is 0 Å². The maximum Gasteiger partial charge on any atom is 0.348 e. The number of ether oxygens (including phenoxy) is 2. The number of carbonyl (C=O) groups is 2. The number of carbonyl (C=O) groups excluding carboxylic acids is 2. The molecule has 2 N–H and O–H groups in total. The van der Waals surface area contributed by atoms with Crippen LogP contribution in [-0.4, -0.2) is 46.6 Å². The van der Waals surface area contributed by atoms with Gasteiger partial charge in [0.1, 0.15) is 13.5 Å². The molecule has 0 fully saturated rings. The molecule has 0 unspecified atom stereocenters. The molecule has 4 heterocycles. The molecule has 0 aliphatic heterocycles. The van der Waals surface area contributed by atoms with Gasteiger partial charge < -0.3 is 9.47 Å². The molecule has 4 aromatic rings. The number of nitrogens with one attached hydrogen (secondary N) is 2. The minimum atomic E-state index is -0.301. The molecule has 130 valence electrons. The SMILES string of the molecule is COC(=O)c1cc2[nH]nc(I)c2s1.COC(=O)c1cc2[nH]ncc2s1. The normalized spacial score (nSPS) is 10.5. The van der Waals surface area contributed by atoms with Crippen molar-refractivity contribution in [1.82, 2.24) is 20.4 Å². The van der Waals surface area contributed by atoms with E-state index in [1.54, 1.807) is 18.3 Å². The molecule has 0 aliphatic rings. The Kier molecular flexibility index (Phi) is 5.34. The topological polar surface area (TPSA) is 110 Å². The first-order valence-corrected chi connectivity index (χ1v) is 9.47. The van der Waals surface area contributed by atoms with Gasteiger partial charge >= 0.3 is 11.9 Å². The van der Waals surface area contributed by atoms with E-state index in [0.717, 1.165) is 24.1 Å². The molecule has 0 saturated carbocycles. The van der Waals surface area contributed by atoms with Crippen LogP contribution in [0.5, 0.6) is 0 Å². The van der Waals surface area contributed by atoms with Crippen LogP contribution in [-0.2, 0) is 9.47 Å². The van der Waals surface area contributed by atoms with Crippen LogP contribution in [0.1, 0.15) is 19.3 Å². The van der Waals surface area contributed by atoms with Crippen molar-refractivity contribution >= 4 is 77.6 Å². The largest absolute Gasteiger partial charge is 0.465 e. The Labute approximate surface area is 162 Å². The molecule has 11 heteroatoms. The van der Waals surface area contributed by atoms with E-state index >= 15 is 0 Å². The summed E-state index contributed by atoms with van der Waals surface area (Å²) in [6.45, 7) is 0. The maximum atomic E-state index is 11.1. The lowest BCUT2D eigenvalue weighted by atomic mass is 10.4. The lowest BCUT2D eigenvalue weighted by Crippen LogP contribution is -1.96. The minimum absolute atomic E-state index is 0.301. The molecule has 0 saturated heterocycles. The summed E-state index contributed by atoms with van der Waals surface area (Å²) in [4.78, 5) is 23.4. The number of hydrogen-bond donors (Lipinski definition) is 2. The van der Waals surface area contributed by atoms with Crippen LogP contribution in [0.15, 0.2) is 18.3 Å². The van der Waals surface area contributed by atoms with E-state index in [1.807, 2.05) is 0 Å². The molecule has 8 nitrogen and oxygen atoms in total. The smallest absolute Gasteiger partial charge is 0.348 e. The van der Waals surface area contributed by atoms with Crippen LogP contribution in [0.25, 0.3) is 20.4 Å². The second-order valence-electron chi connectivity index (χ2n) is 4.61. The standard InChI is InChI=1S/C7H5IN2O2S.C7H6N2O2S/c1-12-7(11)4-2-3-5(13-4)6(8)10-9-3;1-11-7(10)5-2-4-6(12-5)3-8-9-4/h2H,1H3,(H,9,10);2-3H,1H3,(H,8,9). The molecule has 0 spiro atoms. The molecule has 0 bridgehead atoms. The van der Waals surface area contributed by atoms with Gasteiger partial charge in [0.25, 0.3) is 0 Å². The number of rotatable bonds is 2. The zero-order valence-corrected chi connectivity index (χ0v) is 16.7. The summed E-state index contributed by atoms with van der Waals surface area (Å²) in [7, 11) is 2.74. The van der Waals surface area contributed by atoms with Crippen molar-refractivity contribution in [3.63, 3.8) is 0 Å². The fourth-order valence-corrected chi connectivity index (χ4v) is 4.49. The first-order chi connectivity index (χ1) is 12.0. The predicted octanol–water partition coefficient (Wildman–Crippen LogP) is 3.43. The Bertz CT molecular complexity index is 1020. The fraction of sp³-hybridized carbons (Fsp3) is 0.143. The molecule has 0 atom stereocenters. The van der Waals surface area contributed by atoms with E-state index in [4.69, 9.17) is 0 Å². The van der Waals surface area contributed by atoms with Gasteiger partial charge in [-0.15, -0.1) is 22.7 Å². The van der Waals surface area contributed by atoms with Crippen LogP contribution in [0, 0.1) is 3.70 Å². The second-order valence-corrected chi connectivity index (χ2v) is 7.77. The van der Waals surface area contributed by atoms with E-state index < -0.39 is 0 Å². The molecule has 0 aliphatic carbocycles. The summed E-state index contributed by atoms with van der Waals surface area (Å²) in [5, 5.41) is 13.4. The lowest BCUT2D eigenvalue weighted by molar-refractivity contribution is 0.0597. The van der Waals surface area contributed by atoms with Crippen molar-refractivity contribution in [2.75, 3.05) is 14.2 Å². The summed E-state index contributed by atoms with van der Waals surface area (Å²) in [6.07, 6.45) is 1.69. The molecule has 0 radical (unpaired) electrons. The van der Waals surface area contributed by atoms with Gasteiger partial charge in [0.15, 0.2) is 0 Å². The van der Waals surface area contributed by atoms with Gasteiger partial charge in [0, 0.05) is 0 Å². The Morgan fingerprint density at radius 1 is 1.04 bits per heavy atom. The minimum Gasteiger partial charge on any atom is -0.465 e. The number of aromatic nitrogens is 4. The highest BCUT2D eigenvalue weighted by Gasteiger charge is 2.13. The van der Waals surface area contributed by atoms with Crippen LogP contribution >= 0.6 is 45.3 Å². The van der Waals surface area contributed by atoms with Gasteiger partial charge in [-0.1, -0.05) is 0 Å². The van der Waals surface area contributed by atoms with Gasteiger partial charge in [0.05, 0.1) is 40.8 Å². The third kappa shape index (κ3) is 3.67. The number of fused-ring (bicyclic) bond motifs is 2. The number of aromatic amines is 2. The van der Waals surface area contributed by atoms with Gasteiger partial charge in [-0.05, 0) is 34.7 Å². The quantitative estimate of drug-likeness (QED) is 0.329.